The summed E-state index contributed by atoms with van der Waals surface area (Å²) in [4.78, 5) is 4.30. The molecule has 0 bridgehead atoms. The second kappa shape index (κ2) is 7.28. The molecular formula is C14H24N2O. The number of nitrogens with one attached hydrogen (secondary N) is 1. The lowest BCUT2D eigenvalue weighted by Crippen LogP contribution is -2.19. The van der Waals surface area contributed by atoms with E-state index in [1.807, 2.05) is 12.3 Å². The quantitative estimate of drug-likeness (QED) is 0.790. The Morgan fingerprint density at radius 2 is 2.06 bits per heavy atom. The highest BCUT2D eigenvalue weighted by molar-refractivity contribution is 5.17. The maximum absolute atomic E-state index is 5.63. The molecule has 1 aromatic heterocycles. The van der Waals surface area contributed by atoms with Crippen molar-refractivity contribution >= 4 is 0 Å². The van der Waals surface area contributed by atoms with E-state index in [2.05, 4.69) is 44.1 Å². The number of pyridine rings is 1. The fraction of sp³-hybridized carbons (Fsp3) is 0.643. The van der Waals surface area contributed by atoms with E-state index in [0.717, 1.165) is 19.5 Å². The molecule has 1 unspecified atom stereocenters. The number of rotatable bonds is 7. The molecule has 1 heterocycles. The molecule has 0 amide bonds. The highest BCUT2D eigenvalue weighted by Gasteiger charge is 2.02. The van der Waals surface area contributed by atoms with Crippen molar-refractivity contribution in [1.29, 1.82) is 0 Å². The number of nitrogens with zero attached hydrogens (tertiary/aromatic N) is 1. The first-order valence-electron chi connectivity index (χ1n) is 6.44. The SMILES string of the molecule is CCC(C)Oc1ccc(CNCC(C)C)cn1. The average Bonchev–Trinajstić information content (AvgIpc) is 2.31. The van der Waals surface area contributed by atoms with E-state index in [9.17, 15) is 0 Å². The van der Waals surface area contributed by atoms with Crippen LogP contribution in [0.15, 0.2) is 18.3 Å². The van der Waals surface area contributed by atoms with E-state index in [0.29, 0.717) is 11.8 Å². The zero-order valence-corrected chi connectivity index (χ0v) is 11.4. The van der Waals surface area contributed by atoms with Crippen molar-refractivity contribution in [2.24, 2.45) is 5.92 Å². The third kappa shape index (κ3) is 5.68. The summed E-state index contributed by atoms with van der Waals surface area (Å²) in [5.74, 6) is 1.39. The molecule has 1 N–H and O–H groups in total. The van der Waals surface area contributed by atoms with E-state index >= 15 is 0 Å². The summed E-state index contributed by atoms with van der Waals surface area (Å²) >= 11 is 0. The second-order valence-electron chi connectivity index (χ2n) is 4.87. The molecule has 96 valence electrons. The van der Waals surface area contributed by atoms with Crippen LogP contribution in [0.1, 0.15) is 39.7 Å². The van der Waals surface area contributed by atoms with Gasteiger partial charge in [-0.1, -0.05) is 26.8 Å². The summed E-state index contributed by atoms with van der Waals surface area (Å²) in [6.45, 7) is 10.5. The predicted molar refractivity (Wildman–Crippen MR) is 71.2 cm³/mol. The van der Waals surface area contributed by atoms with Gasteiger partial charge in [0.05, 0.1) is 6.10 Å². The monoisotopic (exact) mass is 236 g/mol. The maximum atomic E-state index is 5.63. The molecule has 1 aromatic rings. The molecule has 0 aliphatic rings. The fourth-order valence-corrected chi connectivity index (χ4v) is 1.38. The Bertz CT molecular complexity index is 309. The first-order chi connectivity index (χ1) is 8.11. The van der Waals surface area contributed by atoms with Crippen molar-refractivity contribution in [3.8, 4) is 5.88 Å². The van der Waals surface area contributed by atoms with Gasteiger partial charge in [0.1, 0.15) is 0 Å². The minimum atomic E-state index is 0.229. The molecular weight excluding hydrogens is 212 g/mol. The van der Waals surface area contributed by atoms with Crippen LogP contribution in [-0.2, 0) is 6.54 Å². The smallest absolute Gasteiger partial charge is 0.213 e. The lowest BCUT2D eigenvalue weighted by atomic mass is 10.2. The Labute approximate surface area is 105 Å². The molecule has 1 rings (SSSR count). The van der Waals surface area contributed by atoms with Crippen LogP contribution < -0.4 is 10.1 Å². The van der Waals surface area contributed by atoms with Gasteiger partial charge in [-0.2, -0.15) is 0 Å². The minimum Gasteiger partial charge on any atom is -0.475 e. The highest BCUT2D eigenvalue weighted by atomic mass is 16.5. The van der Waals surface area contributed by atoms with E-state index in [-0.39, 0.29) is 6.10 Å². The molecule has 0 aromatic carbocycles. The number of hydrogen-bond acceptors (Lipinski definition) is 3. The number of aromatic nitrogens is 1. The fourth-order valence-electron chi connectivity index (χ4n) is 1.38. The zero-order chi connectivity index (χ0) is 12.7. The first kappa shape index (κ1) is 14.0. The molecule has 0 spiro atoms. The summed E-state index contributed by atoms with van der Waals surface area (Å²) in [5, 5.41) is 3.39. The summed E-state index contributed by atoms with van der Waals surface area (Å²) in [6.07, 6.45) is 3.11. The molecule has 0 aliphatic carbocycles. The Morgan fingerprint density at radius 1 is 1.29 bits per heavy atom. The molecule has 0 aliphatic heterocycles. The van der Waals surface area contributed by atoms with Gasteiger partial charge in [-0.3, -0.25) is 0 Å². The summed E-state index contributed by atoms with van der Waals surface area (Å²) in [5.41, 5.74) is 1.20. The van der Waals surface area contributed by atoms with Crippen molar-refractivity contribution in [1.82, 2.24) is 10.3 Å². The van der Waals surface area contributed by atoms with Crippen LogP contribution in [0, 0.1) is 5.92 Å². The summed E-state index contributed by atoms with van der Waals surface area (Å²) < 4.78 is 5.63. The molecule has 3 heteroatoms. The van der Waals surface area contributed by atoms with Gasteiger partial charge in [0.15, 0.2) is 0 Å². The topological polar surface area (TPSA) is 34.1 Å². The molecule has 3 nitrogen and oxygen atoms in total. The molecule has 0 saturated heterocycles. The van der Waals surface area contributed by atoms with Crippen LogP contribution in [0.25, 0.3) is 0 Å². The molecule has 1 atom stereocenters. The number of ether oxygens (including phenoxy) is 1. The van der Waals surface area contributed by atoms with Crippen LogP contribution >= 0.6 is 0 Å². The Kier molecular flexibility index (Phi) is 5.98. The maximum Gasteiger partial charge on any atom is 0.213 e. The minimum absolute atomic E-state index is 0.229. The van der Waals surface area contributed by atoms with E-state index in [4.69, 9.17) is 4.74 Å². The van der Waals surface area contributed by atoms with Crippen LogP contribution in [0.2, 0.25) is 0 Å². The van der Waals surface area contributed by atoms with Gasteiger partial charge in [0, 0.05) is 18.8 Å². The van der Waals surface area contributed by atoms with E-state index in [1.54, 1.807) is 0 Å². The largest absolute Gasteiger partial charge is 0.475 e. The van der Waals surface area contributed by atoms with Crippen molar-refractivity contribution in [3.05, 3.63) is 23.9 Å². The molecule has 0 radical (unpaired) electrons. The van der Waals surface area contributed by atoms with Crippen LogP contribution in [0.4, 0.5) is 0 Å². The number of hydrogen-bond donors (Lipinski definition) is 1. The van der Waals surface area contributed by atoms with Gasteiger partial charge < -0.3 is 10.1 Å². The van der Waals surface area contributed by atoms with Gasteiger partial charge >= 0.3 is 0 Å². The molecule has 0 fully saturated rings. The third-order valence-electron chi connectivity index (χ3n) is 2.58. The predicted octanol–water partition coefficient (Wildman–Crippen LogP) is 3.00. The molecule has 17 heavy (non-hydrogen) atoms. The van der Waals surface area contributed by atoms with Gasteiger partial charge in [0.25, 0.3) is 0 Å². The van der Waals surface area contributed by atoms with Crippen molar-refractivity contribution in [2.45, 2.75) is 46.8 Å². The Hall–Kier alpha value is -1.09. The molecule has 0 saturated carbocycles. The normalized spacial score (nSPS) is 12.8. The highest BCUT2D eigenvalue weighted by Crippen LogP contribution is 2.10. The average molecular weight is 236 g/mol. The standard InChI is InChI=1S/C14H24N2O/c1-5-12(4)17-14-7-6-13(10-16-14)9-15-8-11(2)3/h6-7,10-12,15H,5,8-9H2,1-4H3. The summed E-state index contributed by atoms with van der Waals surface area (Å²) in [6, 6.07) is 4.01. The van der Waals surface area contributed by atoms with Crippen LogP contribution in [0.5, 0.6) is 5.88 Å². The lowest BCUT2D eigenvalue weighted by Gasteiger charge is -2.12. The third-order valence-corrected chi connectivity index (χ3v) is 2.58. The first-order valence-corrected chi connectivity index (χ1v) is 6.44. The van der Waals surface area contributed by atoms with Crippen LogP contribution in [0.3, 0.4) is 0 Å². The van der Waals surface area contributed by atoms with Crippen molar-refractivity contribution < 1.29 is 4.74 Å². The van der Waals surface area contributed by atoms with Gasteiger partial charge in [-0.05, 0) is 31.4 Å². The van der Waals surface area contributed by atoms with Gasteiger partial charge in [0.2, 0.25) is 5.88 Å². The summed E-state index contributed by atoms with van der Waals surface area (Å²) in [7, 11) is 0. The zero-order valence-electron chi connectivity index (χ0n) is 11.4. The van der Waals surface area contributed by atoms with Crippen molar-refractivity contribution in [2.75, 3.05) is 6.54 Å². The Balaban J connectivity index is 2.39. The Morgan fingerprint density at radius 3 is 2.59 bits per heavy atom. The lowest BCUT2D eigenvalue weighted by molar-refractivity contribution is 0.208. The van der Waals surface area contributed by atoms with Crippen molar-refractivity contribution in [3.63, 3.8) is 0 Å². The van der Waals surface area contributed by atoms with E-state index < -0.39 is 0 Å². The second-order valence-corrected chi connectivity index (χ2v) is 4.87. The van der Waals surface area contributed by atoms with Crippen LogP contribution in [-0.4, -0.2) is 17.6 Å². The van der Waals surface area contributed by atoms with E-state index in [1.165, 1.54) is 5.56 Å². The van der Waals surface area contributed by atoms with Gasteiger partial charge in [-0.25, -0.2) is 4.98 Å². The van der Waals surface area contributed by atoms with Gasteiger partial charge in [-0.15, -0.1) is 0 Å².